The lowest BCUT2D eigenvalue weighted by molar-refractivity contribution is -0.384. The number of non-ortho nitro benzene ring substituents is 1. The zero-order chi connectivity index (χ0) is 21.4. The third-order valence-electron chi connectivity index (χ3n) is 3.75. The van der Waals surface area contributed by atoms with Crippen LogP contribution >= 0.6 is 0 Å². The summed E-state index contributed by atoms with van der Waals surface area (Å²) in [6, 6.07) is 10.3. The van der Waals surface area contributed by atoms with Gasteiger partial charge in [0.1, 0.15) is 17.2 Å². The van der Waals surface area contributed by atoms with Crippen LogP contribution in [0.5, 0.6) is 17.2 Å². The van der Waals surface area contributed by atoms with E-state index in [1.807, 2.05) is 0 Å². The lowest BCUT2D eigenvalue weighted by atomic mass is 10.2. The van der Waals surface area contributed by atoms with E-state index in [1.54, 1.807) is 24.3 Å². The van der Waals surface area contributed by atoms with Crippen LogP contribution in [0.3, 0.4) is 0 Å². The Morgan fingerprint density at radius 2 is 1.72 bits per heavy atom. The fraction of sp³-hybridized carbons (Fsp3) is 0.263. The molecule has 0 heterocycles. The van der Waals surface area contributed by atoms with E-state index in [0.29, 0.717) is 11.5 Å². The minimum absolute atomic E-state index is 0.0871. The Morgan fingerprint density at radius 1 is 1.07 bits per heavy atom. The van der Waals surface area contributed by atoms with Crippen LogP contribution in [0, 0.1) is 10.1 Å². The normalized spacial score (nSPS) is 11.1. The highest BCUT2D eigenvalue weighted by Crippen LogP contribution is 2.29. The van der Waals surface area contributed by atoms with Crippen molar-refractivity contribution in [2.45, 2.75) is 13.0 Å². The molecule has 29 heavy (non-hydrogen) atoms. The Bertz CT molecular complexity index is 882. The number of benzene rings is 2. The molecule has 0 fully saturated rings. The Balaban J connectivity index is 1.91. The quantitative estimate of drug-likeness (QED) is 0.384. The Hall–Kier alpha value is -3.82. The SMILES string of the molecule is COc1ccc(OCC(=O)O[C@H](C)C(=O)Nc2cc([N+](=O)[O-])ccc2OC)cc1. The van der Waals surface area contributed by atoms with Gasteiger partial charge in [0.15, 0.2) is 12.7 Å². The van der Waals surface area contributed by atoms with Crippen molar-refractivity contribution in [3.05, 3.63) is 52.6 Å². The number of nitrogens with one attached hydrogen (secondary N) is 1. The predicted octanol–water partition coefficient (Wildman–Crippen LogP) is 2.56. The van der Waals surface area contributed by atoms with Crippen molar-refractivity contribution in [1.82, 2.24) is 0 Å². The number of amides is 1. The van der Waals surface area contributed by atoms with E-state index < -0.39 is 29.5 Å². The number of hydrogen-bond donors (Lipinski definition) is 1. The number of hydrogen-bond acceptors (Lipinski definition) is 8. The van der Waals surface area contributed by atoms with Gasteiger partial charge in [0, 0.05) is 12.1 Å². The van der Waals surface area contributed by atoms with Gasteiger partial charge in [-0.15, -0.1) is 0 Å². The summed E-state index contributed by atoms with van der Waals surface area (Å²) in [5.74, 6) is -0.135. The number of carbonyl (C=O) groups excluding carboxylic acids is 2. The van der Waals surface area contributed by atoms with Crippen LogP contribution in [0.15, 0.2) is 42.5 Å². The molecule has 2 aromatic rings. The number of nitrogens with zero attached hydrogens (tertiary/aromatic N) is 1. The van der Waals surface area contributed by atoms with Crippen LogP contribution < -0.4 is 19.5 Å². The second-order valence-electron chi connectivity index (χ2n) is 5.73. The molecule has 0 saturated carbocycles. The van der Waals surface area contributed by atoms with Crippen molar-refractivity contribution >= 4 is 23.3 Å². The van der Waals surface area contributed by atoms with Crippen LogP contribution in [0.25, 0.3) is 0 Å². The zero-order valence-corrected chi connectivity index (χ0v) is 16.0. The number of methoxy groups -OCH3 is 2. The summed E-state index contributed by atoms with van der Waals surface area (Å²) in [7, 11) is 2.89. The van der Waals surface area contributed by atoms with Crippen LogP contribution in [0.4, 0.5) is 11.4 Å². The molecule has 0 bridgehead atoms. The minimum Gasteiger partial charge on any atom is -0.497 e. The van der Waals surface area contributed by atoms with Gasteiger partial charge in [-0.05, 0) is 37.3 Å². The molecular formula is C19H20N2O8. The van der Waals surface area contributed by atoms with Crippen molar-refractivity contribution in [2.75, 3.05) is 26.1 Å². The topological polar surface area (TPSA) is 126 Å². The summed E-state index contributed by atoms with van der Waals surface area (Å²) in [4.78, 5) is 34.5. The van der Waals surface area contributed by atoms with Crippen LogP contribution in [0.2, 0.25) is 0 Å². The van der Waals surface area contributed by atoms with Gasteiger partial charge in [-0.3, -0.25) is 14.9 Å². The highest BCUT2D eigenvalue weighted by Gasteiger charge is 2.21. The Labute approximate surface area is 166 Å². The molecule has 10 nitrogen and oxygen atoms in total. The first-order chi connectivity index (χ1) is 13.8. The summed E-state index contributed by atoms with van der Waals surface area (Å²) in [6.07, 6.45) is -1.16. The number of esters is 1. The first-order valence-electron chi connectivity index (χ1n) is 8.43. The Kier molecular flexibility index (Phi) is 7.35. The molecule has 0 radical (unpaired) electrons. The van der Waals surface area contributed by atoms with Gasteiger partial charge in [-0.25, -0.2) is 4.79 Å². The molecule has 0 spiro atoms. The molecule has 0 aliphatic heterocycles. The molecule has 0 saturated heterocycles. The number of nitro benzene ring substituents is 1. The first-order valence-corrected chi connectivity index (χ1v) is 8.43. The van der Waals surface area contributed by atoms with E-state index in [-0.39, 0.29) is 17.1 Å². The first kappa shape index (κ1) is 21.5. The molecular weight excluding hydrogens is 384 g/mol. The molecule has 2 rings (SSSR count). The maximum Gasteiger partial charge on any atom is 0.344 e. The summed E-state index contributed by atoms with van der Waals surface area (Å²) >= 11 is 0. The van der Waals surface area contributed by atoms with Crippen LogP contribution in [0.1, 0.15) is 6.92 Å². The molecule has 1 N–H and O–H groups in total. The summed E-state index contributed by atoms with van der Waals surface area (Å²) in [5, 5.41) is 13.4. The van der Waals surface area contributed by atoms with Gasteiger partial charge in [-0.2, -0.15) is 0 Å². The third kappa shape index (κ3) is 6.09. The molecule has 0 aromatic heterocycles. The van der Waals surface area contributed by atoms with Crippen molar-refractivity contribution < 1.29 is 33.5 Å². The van der Waals surface area contributed by atoms with Gasteiger partial charge in [0.05, 0.1) is 24.8 Å². The maximum atomic E-state index is 12.3. The molecule has 10 heteroatoms. The minimum atomic E-state index is -1.16. The van der Waals surface area contributed by atoms with Crippen molar-refractivity contribution in [3.8, 4) is 17.2 Å². The monoisotopic (exact) mass is 404 g/mol. The van der Waals surface area contributed by atoms with Crippen LogP contribution in [-0.4, -0.2) is 43.7 Å². The van der Waals surface area contributed by atoms with E-state index in [2.05, 4.69) is 5.32 Å². The highest BCUT2D eigenvalue weighted by molar-refractivity contribution is 5.96. The highest BCUT2D eigenvalue weighted by atomic mass is 16.6. The molecule has 1 amide bonds. The average molecular weight is 404 g/mol. The van der Waals surface area contributed by atoms with E-state index >= 15 is 0 Å². The number of anilines is 1. The number of rotatable bonds is 9. The molecule has 1 atom stereocenters. The second-order valence-corrected chi connectivity index (χ2v) is 5.73. The summed E-state index contributed by atoms with van der Waals surface area (Å²) in [6.45, 7) is 0.967. The van der Waals surface area contributed by atoms with E-state index in [1.165, 1.54) is 33.3 Å². The summed E-state index contributed by atoms with van der Waals surface area (Å²) < 4.78 is 20.4. The second kappa shape index (κ2) is 9.93. The van der Waals surface area contributed by atoms with Crippen LogP contribution in [-0.2, 0) is 14.3 Å². The molecule has 2 aromatic carbocycles. The lowest BCUT2D eigenvalue weighted by Gasteiger charge is -2.15. The standard InChI is InChI=1S/C19H20N2O8/c1-12(29-18(22)11-28-15-7-5-14(26-2)6-8-15)19(23)20-16-10-13(21(24)25)4-9-17(16)27-3/h4-10,12H,11H2,1-3H3,(H,20,23)/t12-/m1/s1. The Morgan fingerprint density at radius 3 is 2.31 bits per heavy atom. The van der Waals surface area contributed by atoms with Gasteiger partial charge in [-0.1, -0.05) is 0 Å². The fourth-order valence-corrected chi connectivity index (χ4v) is 2.24. The summed E-state index contributed by atoms with van der Waals surface area (Å²) in [5.41, 5.74) is -0.136. The maximum absolute atomic E-state index is 12.3. The van der Waals surface area contributed by atoms with Gasteiger partial charge in [0.25, 0.3) is 11.6 Å². The fourth-order valence-electron chi connectivity index (χ4n) is 2.24. The molecule has 0 unspecified atom stereocenters. The molecule has 154 valence electrons. The molecule has 0 aliphatic carbocycles. The largest absolute Gasteiger partial charge is 0.497 e. The van der Waals surface area contributed by atoms with Gasteiger partial charge >= 0.3 is 5.97 Å². The van der Waals surface area contributed by atoms with E-state index in [0.717, 1.165) is 6.07 Å². The number of carbonyl (C=O) groups is 2. The van der Waals surface area contributed by atoms with Gasteiger partial charge in [0.2, 0.25) is 0 Å². The van der Waals surface area contributed by atoms with Crippen molar-refractivity contribution in [2.24, 2.45) is 0 Å². The van der Waals surface area contributed by atoms with E-state index in [4.69, 9.17) is 18.9 Å². The van der Waals surface area contributed by atoms with Crippen molar-refractivity contribution in [3.63, 3.8) is 0 Å². The van der Waals surface area contributed by atoms with E-state index in [9.17, 15) is 19.7 Å². The smallest absolute Gasteiger partial charge is 0.344 e. The predicted molar refractivity (Wildman–Crippen MR) is 102 cm³/mol. The number of ether oxygens (including phenoxy) is 4. The third-order valence-corrected chi connectivity index (χ3v) is 3.75. The lowest BCUT2D eigenvalue weighted by Crippen LogP contribution is -2.31. The number of nitro groups is 1. The molecule has 0 aliphatic rings. The zero-order valence-electron chi connectivity index (χ0n) is 16.0. The van der Waals surface area contributed by atoms with Gasteiger partial charge < -0.3 is 24.3 Å². The average Bonchev–Trinajstić information content (AvgIpc) is 2.72. The van der Waals surface area contributed by atoms with Crippen molar-refractivity contribution in [1.29, 1.82) is 0 Å².